The van der Waals surface area contributed by atoms with E-state index in [0.29, 0.717) is 30.8 Å². The molecule has 2 aromatic rings. The Bertz CT molecular complexity index is 1150. The van der Waals surface area contributed by atoms with E-state index in [0.717, 1.165) is 11.1 Å². The maximum Gasteiger partial charge on any atom is 0.242 e. The highest BCUT2D eigenvalue weighted by Gasteiger charge is 2.29. The van der Waals surface area contributed by atoms with Crippen molar-refractivity contribution in [1.82, 2.24) is 10.2 Å². The monoisotopic (exact) mass is 531 g/mol. The van der Waals surface area contributed by atoms with E-state index < -0.39 is 16.1 Å². The number of hydrogen-bond acceptors (Lipinski definition) is 5. The summed E-state index contributed by atoms with van der Waals surface area (Å²) in [6.45, 7) is 8.75. The molecule has 9 heteroatoms. The Morgan fingerprint density at radius 1 is 1.08 bits per heavy atom. The van der Waals surface area contributed by atoms with E-state index in [9.17, 15) is 18.0 Å². The molecule has 0 fully saturated rings. The number of nitrogens with one attached hydrogen (secondary N) is 1. The molecule has 0 spiro atoms. The van der Waals surface area contributed by atoms with E-state index in [2.05, 4.69) is 5.32 Å². The molecule has 204 valence electrons. The van der Waals surface area contributed by atoms with E-state index >= 15 is 0 Å². The summed E-state index contributed by atoms with van der Waals surface area (Å²) in [5.74, 6) is 0.564. The number of hydrogen-bond donors (Lipinski definition) is 1. The Hall–Kier alpha value is -3.07. The number of carbonyl (C=O) groups excluding carboxylic acids is 2. The maximum atomic E-state index is 13.5. The molecule has 37 heavy (non-hydrogen) atoms. The van der Waals surface area contributed by atoms with Crippen LogP contribution in [0.25, 0.3) is 0 Å². The summed E-state index contributed by atoms with van der Waals surface area (Å²) in [4.78, 5) is 28.2. The first-order valence-corrected chi connectivity index (χ1v) is 14.6. The fraction of sp³-hybridized carbons (Fsp3) is 0.500. The second kappa shape index (κ2) is 14.0. The highest BCUT2D eigenvalue weighted by atomic mass is 32.2. The molecular formula is C28H41N3O5S. The molecule has 2 amide bonds. The van der Waals surface area contributed by atoms with Gasteiger partial charge >= 0.3 is 0 Å². The normalized spacial score (nSPS) is 12.2. The van der Waals surface area contributed by atoms with Crippen LogP contribution in [0.3, 0.4) is 0 Å². The number of anilines is 1. The predicted molar refractivity (Wildman–Crippen MR) is 148 cm³/mol. The molecule has 0 radical (unpaired) electrons. The molecule has 0 saturated heterocycles. The van der Waals surface area contributed by atoms with Crippen LogP contribution in [-0.2, 0) is 26.2 Å². The molecule has 1 unspecified atom stereocenters. The second-order valence-electron chi connectivity index (χ2n) is 9.71. The first kappa shape index (κ1) is 30.2. The summed E-state index contributed by atoms with van der Waals surface area (Å²) in [7, 11) is -1.95. The van der Waals surface area contributed by atoms with Crippen molar-refractivity contribution in [2.75, 3.05) is 30.8 Å². The molecule has 0 aromatic heterocycles. The van der Waals surface area contributed by atoms with Gasteiger partial charge in [-0.05, 0) is 61.1 Å². The maximum absolute atomic E-state index is 13.5. The van der Waals surface area contributed by atoms with Gasteiger partial charge in [0, 0.05) is 26.1 Å². The van der Waals surface area contributed by atoms with E-state index in [-0.39, 0.29) is 37.2 Å². The summed E-state index contributed by atoms with van der Waals surface area (Å²) >= 11 is 0. The number of methoxy groups -OCH3 is 1. The number of sulfonamides is 1. The Morgan fingerprint density at radius 2 is 1.78 bits per heavy atom. The summed E-state index contributed by atoms with van der Waals surface area (Å²) < 4.78 is 31.6. The second-order valence-corrected chi connectivity index (χ2v) is 11.6. The van der Waals surface area contributed by atoms with E-state index in [1.54, 1.807) is 18.1 Å². The van der Waals surface area contributed by atoms with Crippen LogP contribution >= 0.6 is 0 Å². The molecule has 0 aliphatic heterocycles. The van der Waals surface area contributed by atoms with E-state index in [4.69, 9.17) is 4.74 Å². The lowest BCUT2D eigenvalue weighted by molar-refractivity contribution is -0.141. The quantitative estimate of drug-likeness (QED) is 0.396. The lowest BCUT2D eigenvalue weighted by atomic mass is 10.1. The highest BCUT2D eigenvalue weighted by molar-refractivity contribution is 7.92. The summed E-state index contributed by atoms with van der Waals surface area (Å²) in [6, 6.07) is 14.1. The van der Waals surface area contributed by atoms with Crippen molar-refractivity contribution in [3.63, 3.8) is 0 Å². The minimum absolute atomic E-state index is 0.107. The van der Waals surface area contributed by atoms with Crippen molar-refractivity contribution in [3.05, 3.63) is 59.7 Å². The average molecular weight is 532 g/mol. The molecule has 0 saturated carbocycles. The number of rotatable bonds is 14. The van der Waals surface area contributed by atoms with E-state index in [1.165, 1.54) is 10.6 Å². The molecule has 0 heterocycles. The smallest absolute Gasteiger partial charge is 0.242 e. The van der Waals surface area contributed by atoms with Gasteiger partial charge in [-0.15, -0.1) is 0 Å². The summed E-state index contributed by atoms with van der Waals surface area (Å²) in [5.41, 5.74) is 2.37. The Balaban J connectivity index is 2.23. The zero-order valence-electron chi connectivity index (χ0n) is 22.9. The molecule has 0 aliphatic rings. The topological polar surface area (TPSA) is 96.0 Å². The van der Waals surface area contributed by atoms with Gasteiger partial charge in [-0.2, -0.15) is 0 Å². The van der Waals surface area contributed by atoms with Crippen molar-refractivity contribution < 1.29 is 22.7 Å². The molecule has 0 bridgehead atoms. The van der Waals surface area contributed by atoms with Crippen molar-refractivity contribution in [3.8, 4) is 5.75 Å². The largest absolute Gasteiger partial charge is 0.497 e. The third-order valence-corrected chi connectivity index (χ3v) is 7.19. The van der Waals surface area contributed by atoms with Gasteiger partial charge in [0.05, 0.1) is 19.1 Å². The Kier molecular flexibility index (Phi) is 11.4. The number of benzene rings is 2. The zero-order valence-corrected chi connectivity index (χ0v) is 23.7. The Morgan fingerprint density at radius 3 is 2.38 bits per heavy atom. The van der Waals surface area contributed by atoms with Gasteiger partial charge in [-0.25, -0.2) is 8.42 Å². The minimum atomic E-state index is -3.53. The van der Waals surface area contributed by atoms with Gasteiger partial charge < -0.3 is 15.0 Å². The summed E-state index contributed by atoms with van der Waals surface area (Å²) in [5, 5.41) is 2.95. The van der Waals surface area contributed by atoms with Crippen LogP contribution in [0.4, 0.5) is 5.69 Å². The third kappa shape index (κ3) is 9.39. The van der Waals surface area contributed by atoms with Crippen molar-refractivity contribution in [2.45, 2.75) is 59.5 Å². The van der Waals surface area contributed by atoms with Gasteiger partial charge in [-0.3, -0.25) is 13.9 Å². The molecule has 1 N–H and O–H groups in total. The fourth-order valence-corrected chi connectivity index (χ4v) is 5.05. The number of aryl methyl sites for hydroxylation is 1. The molecule has 1 atom stereocenters. The average Bonchev–Trinajstić information content (AvgIpc) is 2.84. The van der Waals surface area contributed by atoms with Crippen LogP contribution in [0.5, 0.6) is 5.75 Å². The van der Waals surface area contributed by atoms with Crippen molar-refractivity contribution >= 4 is 27.5 Å². The van der Waals surface area contributed by atoms with Crippen LogP contribution < -0.4 is 14.4 Å². The number of amides is 2. The van der Waals surface area contributed by atoms with Crippen LogP contribution in [0.2, 0.25) is 0 Å². The molecule has 2 aromatic carbocycles. The number of carbonyl (C=O) groups is 2. The van der Waals surface area contributed by atoms with E-state index in [1.807, 2.05) is 70.2 Å². The molecule has 0 aliphatic carbocycles. The van der Waals surface area contributed by atoms with Gasteiger partial charge in [0.25, 0.3) is 0 Å². The van der Waals surface area contributed by atoms with Gasteiger partial charge in [0.15, 0.2) is 0 Å². The van der Waals surface area contributed by atoms with Crippen LogP contribution in [0.1, 0.15) is 51.2 Å². The first-order valence-electron chi connectivity index (χ1n) is 12.7. The van der Waals surface area contributed by atoms with Crippen LogP contribution in [0.15, 0.2) is 48.5 Å². The molecule has 8 nitrogen and oxygen atoms in total. The van der Waals surface area contributed by atoms with Crippen LogP contribution in [0, 0.1) is 12.8 Å². The van der Waals surface area contributed by atoms with Crippen LogP contribution in [-0.4, -0.2) is 57.6 Å². The van der Waals surface area contributed by atoms with Gasteiger partial charge in [0.1, 0.15) is 11.8 Å². The highest BCUT2D eigenvalue weighted by Crippen LogP contribution is 2.21. The van der Waals surface area contributed by atoms with Gasteiger partial charge in [-0.1, -0.05) is 45.0 Å². The lowest BCUT2D eigenvalue weighted by Gasteiger charge is -2.31. The standard InChI is InChI=1S/C28H41N3O5S/c1-7-26(28(33)29-19-21(2)3)30(20-23-12-9-14-25(18-23)36-5)27(32)15-10-16-31(37(6,34)35)24-13-8-11-22(4)17-24/h8-9,11-14,17-18,21,26H,7,10,15-16,19-20H2,1-6H3,(H,29,33). The lowest BCUT2D eigenvalue weighted by Crippen LogP contribution is -2.49. The summed E-state index contributed by atoms with van der Waals surface area (Å²) in [6.07, 6.45) is 2.05. The zero-order chi connectivity index (χ0) is 27.6. The van der Waals surface area contributed by atoms with Crippen molar-refractivity contribution in [2.24, 2.45) is 5.92 Å². The SMILES string of the molecule is CCC(C(=O)NCC(C)C)N(Cc1cccc(OC)c1)C(=O)CCCN(c1cccc(C)c1)S(C)(=O)=O. The Labute approximate surface area is 222 Å². The minimum Gasteiger partial charge on any atom is -0.497 e. The third-order valence-electron chi connectivity index (χ3n) is 6.00. The van der Waals surface area contributed by atoms with Crippen molar-refractivity contribution in [1.29, 1.82) is 0 Å². The number of nitrogens with zero attached hydrogens (tertiary/aromatic N) is 2. The first-order chi connectivity index (χ1) is 17.5. The number of ether oxygens (including phenoxy) is 1. The fourth-order valence-electron chi connectivity index (χ4n) is 4.10. The predicted octanol–water partition coefficient (Wildman–Crippen LogP) is 4.13. The molecular weight excluding hydrogens is 490 g/mol. The van der Waals surface area contributed by atoms with Gasteiger partial charge in [0.2, 0.25) is 21.8 Å². The molecule has 2 rings (SSSR count).